The van der Waals surface area contributed by atoms with E-state index in [0.29, 0.717) is 18.6 Å². The first kappa shape index (κ1) is 16.7. The number of nitro benzene ring substituents is 1. The maximum absolute atomic E-state index is 11.3. The van der Waals surface area contributed by atoms with Gasteiger partial charge in [-0.2, -0.15) is 0 Å². The number of fused-ring (bicyclic) bond motifs is 1. The third-order valence-corrected chi connectivity index (χ3v) is 4.34. The summed E-state index contributed by atoms with van der Waals surface area (Å²) in [6, 6.07) is 23.2. The second kappa shape index (κ2) is 7.25. The molecule has 1 heterocycles. The van der Waals surface area contributed by atoms with Gasteiger partial charge in [0, 0.05) is 19.2 Å². The Bertz CT molecular complexity index is 1020. The van der Waals surface area contributed by atoms with E-state index in [2.05, 4.69) is 15.2 Å². The monoisotopic (exact) mass is 360 g/mol. The summed E-state index contributed by atoms with van der Waals surface area (Å²) < 4.78 is 4.82. The van der Waals surface area contributed by atoms with Crippen LogP contribution >= 0.6 is 0 Å². The second-order valence-electron chi connectivity index (χ2n) is 6.15. The molecule has 0 unspecified atom stereocenters. The SMILES string of the molecule is O=[N+]([O-])c1ccc(N(Cc2ccccc2)Cc2ccccc2)c2nonc12. The third kappa shape index (κ3) is 3.48. The van der Waals surface area contributed by atoms with E-state index in [9.17, 15) is 10.1 Å². The van der Waals surface area contributed by atoms with Crippen molar-refractivity contribution in [1.82, 2.24) is 10.3 Å². The van der Waals surface area contributed by atoms with Gasteiger partial charge in [0.1, 0.15) is 0 Å². The van der Waals surface area contributed by atoms with Crippen molar-refractivity contribution in [2.45, 2.75) is 13.1 Å². The fraction of sp³-hybridized carbons (Fsp3) is 0.100. The molecule has 4 rings (SSSR count). The second-order valence-corrected chi connectivity index (χ2v) is 6.15. The minimum Gasteiger partial charge on any atom is -0.361 e. The van der Waals surface area contributed by atoms with Crippen LogP contribution < -0.4 is 4.90 Å². The van der Waals surface area contributed by atoms with Crippen LogP contribution in [-0.2, 0) is 13.1 Å². The third-order valence-electron chi connectivity index (χ3n) is 4.34. The number of hydrogen-bond acceptors (Lipinski definition) is 6. The number of hydrogen-bond donors (Lipinski definition) is 0. The number of anilines is 1. The van der Waals surface area contributed by atoms with Crippen molar-refractivity contribution < 1.29 is 9.55 Å². The minimum atomic E-state index is -0.477. The van der Waals surface area contributed by atoms with Crippen molar-refractivity contribution in [2.24, 2.45) is 0 Å². The number of non-ortho nitro benzene ring substituents is 1. The molecule has 134 valence electrons. The number of benzene rings is 3. The average Bonchev–Trinajstić information content (AvgIpc) is 3.18. The van der Waals surface area contributed by atoms with Gasteiger partial charge in [-0.15, -0.1) is 0 Å². The molecule has 0 atom stereocenters. The molecular weight excluding hydrogens is 344 g/mol. The highest BCUT2D eigenvalue weighted by atomic mass is 16.6. The Kier molecular flexibility index (Phi) is 4.49. The Labute approximate surface area is 155 Å². The van der Waals surface area contributed by atoms with Gasteiger partial charge >= 0.3 is 5.69 Å². The fourth-order valence-electron chi connectivity index (χ4n) is 3.08. The fourth-order valence-corrected chi connectivity index (χ4v) is 3.08. The molecule has 0 fully saturated rings. The molecule has 4 aromatic rings. The molecular formula is C20H16N4O3. The lowest BCUT2D eigenvalue weighted by atomic mass is 10.1. The molecule has 0 amide bonds. The van der Waals surface area contributed by atoms with E-state index in [1.165, 1.54) is 6.07 Å². The standard InChI is InChI=1S/C20H16N4O3/c25-24(26)18-12-11-17(19-20(18)22-27-21-19)23(13-15-7-3-1-4-8-15)14-16-9-5-2-6-10-16/h1-12H,13-14H2. The van der Waals surface area contributed by atoms with Gasteiger partial charge in [-0.1, -0.05) is 60.7 Å². The molecule has 3 aromatic carbocycles. The van der Waals surface area contributed by atoms with Crippen LogP contribution in [0.25, 0.3) is 11.0 Å². The average molecular weight is 360 g/mol. The zero-order chi connectivity index (χ0) is 18.6. The van der Waals surface area contributed by atoms with Crippen LogP contribution in [0, 0.1) is 10.1 Å². The zero-order valence-electron chi connectivity index (χ0n) is 14.4. The number of rotatable bonds is 6. The highest BCUT2D eigenvalue weighted by Gasteiger charge is 2.22. The Balaban J connectivity index is 1.78. The number of nitrogens with zero attached hydrogens (tertiary/aromatic N) is 4. The van der Waals surface area contributed by atoms with Crippen molar-refractivity contribution in [3.8, 4) is 0 Å². The summed E-state index contributed by atoms with van der Waals surface area (Å²) in [5, 5.41) is 18.9. The van der Waals surface area contributed by atoms with Crippen LogP contribution in [0.3, 0.4) is 0 Å². The maximum Gasteiger partial charge on any atom is 0.300 e. The van der Waals surface area contributed by atoms with Crippen LogP contribution in [0.15, 0.2) is 77.4 Å². The molecule has 27 heavy (non-hydrogen) atoms. The summed E-state index contributed by atoms with van der Waals surface area (Å²) in [5.74, 6) is 0. The molecule has 0 aliphatic heterocycles. The topological polar surface area (TPSA) is 85.3 Å². The van der Waals surface area contributed by atoms with Gasteiger partial charge in [0.05, 0.1) is 10.6 Å². The van der Waals surface area contributed by atoms with E-state index in [-0.39, 0.29) is 11.2 Å². The summed E-state index contributed by atoms with van der Waals surface area (Å²) in [5.41, 5.74) is 3.41. The van der Waals surface area contributed by atoms with Gasteiger partial charge in [0.2, 0.25) is 5.52 Å². The highest BCUT2D eigenvalue weighted by Crippen LogP contribution is 2.32. The maximum atomic E-state index is 11.3. The van der Waals surface area contributed by atoms with Crippen molar-refractivity contribution in [3.63, 3.8) is 0 Å². The van der Waals surface area contributed by atoms with E-state index in [0.717, 1.165) is 16.8 Å². The van der Waals surface area contributed by atoms with Crippen LogP contribution in [0.5, 0.6) is 0 Å². The van der Waals surface area contributed by atoms with Gasteiger partial charge in [0.15, 0.2) is 5.52 Å². The lowest BCUT2D eigenvalue weighted by molar-refractivity contribution is -0.383. The molecule has 0 saturated carbocycles. The van der Waals surface area contributed by atoms with Crippen LogP contribution in [0.4, 0.5) is 11.4 Å². The molecule has 0 aliphatic rings. The largest absolute Gasteiger partial charge is 0.361 e. The van der Waals surface area contributed by atoms with Crippen molar-refractivity contribution in [3.05, 3.63) is 94.0 Å². The zero-order valence-corrected chi connectivity index (χ0v) is 14.4. The number of aromatic nitrogens is 2. The van der Waals surface area contributed by atoms with E-state index >= 15 is 0 Å². The van der Waals surface area contributed by atoms with Crippen molar-refractivity contribution >= 4 is 22.4 Å². The minimum absolute atomic E-state index is 0.116. The van der Waals surface area contributed by atoms with Crippen LogP contribution in [0.2, 0.25) is 0 Å². The van der Waals surface area contributed by atoms with Crippen LogP contribution in [-0.4, -0.2) is 15.2 Å². The van der Waals surface area contributed by atoms with Crippen molar-refractivity contribution in [1.29, 1.82) is 0 Å². The Hall–Kier alpha value is -3.74. The van der Waals surface area contributed by atoms with Crippen LogP contribution in [0.1, 0.15) is 11.1 Å². The molecule has 0 aliphatic carbocycles. The summed E-state index contributed by atoms with van der Waals surface area (Å²) in [7, 11) is 0. The molecule has 0 saturated heterocycles. The lowest BCUT2D eigenvalue weighted by Crippen LogP contribution is -2.22. The summed E-state index contributed by atoms with van der Waals surface area (Å²) in [6.07, 6.45) is 0. The summed E-state index contributed by atoms with van der Waals surface area (Å²) >= 11 is 0. The molecule has 1 aromatic heterocycles. The van der Waals surface area contributed by atoms with Gasteiger partial charge in [0.25, 0.3) is 0 Å². The number of nitro groups is 1. The first-order valence-corrected chi connectivity index (χ1v) is 8.45. The molecule has 0 radical (unpaired) electrons. The highest BCUT2D eigenvalue weighted by molar-refractivity contribution is 5.93. The van der Waals surface area contributed by atoms with E-state index < -0.39 is 4.92 Å². The lowest BCUT2D eigenvalue weighted by Gasteiger charge is -2.25. The van der Waals surface area contributed by atoms with Gasteiger partial charge in [-0.25, -0.2) is 4.63 Å². The first-order valence-electron chi connectivity index (χ1n) is 8.45. The molecule has 0 N–H and O–H groups in total. The Morgan fingerprint density at radius 3 is 1.93 bits per heavy atom. The van der Waals surface area contributed by atoms with Gasteiger partial charge in [-0.05, 0) is 27.5 Å². The van der Waals surface area contributed by atoms with E-state index in [1.807, 2.05) is 60.7 Å². The van der Waals surface area contributed by atoms with E-state index in [1.54, 1.807) is 6.07 Å². The molecule has 0 bridgehead atoms. The molecule has 7 nitrogen and oxygen atoms in total. The van der Waals surface area contributed by atoms with Gasteiger partial charge < -0.3 is 4.90 Å². The quantitative estimate of drug-likeness (QED) is 0.376. The first-order chi connectivity index (χ1) is 13.2. The van der Waals surface area contributed by atoms with Crippen molar-refractivity contribution in [2.75, 3.05) is 4.90 Å². The smallest absolute Gasteiger partial charge is 0.300 e. The van der Waals surface area contributed by atoms with E-state index in [4.69, 9.17) is 4.63 Å². The predicted octanol–water partition coefficient (Wildman–Crippen LogP) is 4.34. The Morgan fingerprint density at radius 2 is 1.37 bits per heavy atom. The molecule has 0 spiro atoms. The van der Waals surface area contributed by atoms with Gasteiger partial charge in [-0.3, -0.25) is 10.1 Å². The summed E-state index contributed by atoms with van der Waals surface area (Å²) in [6.45, 7) is 1.24. The predicted molar refractivity (Wildman–Crippen MR) is 101 cm³/mol. The summed E-state index contributed by atoms with van der Waals surface area (Å²) in [4.78, 5) is 12.9. The Morgan fingerprint density at radius 1 is 0.815 bits per heavy atom. The molecule has 7 heteroatoms. The normalized spacial score (nSPS) is 10.8.